The van der Waals surface area contributed by atoms with E-state index in [1.807, 2.05) is 67.6 Å². The number of hydrogen-bond donors (Lipinski definition) is 2. The van der Waals surface area contributed by atoms with Crippen LogP contribution in [0.4, 0.5) is 4.79 Å². The van der Waals surface area contributed by atoms with Crippen LogP contribution in [-0.2, 0) is 0 Å². The molecule has 0 aliphatic rings. The van der Waals surface area contributed by atoms with E-state index in [1.165, 1.54) is 0 Å². The number of hydrogen-bond acceptors (Lipinski definition) is 1. The van der Waals surface area contributed by atoms with E-state index in [-0.39, 0.29) is 12.1 Å². The summed E-state index contributed by atoms with van der Waals surface area (Å²) in [7, 11) is 0. The molecule has 0 unspecified atom stereocenters. The van der Waals surface area contributed by atoms with Crippen LogP contribution in [0.3, 0.4) is 0 Å². The van der Waals surface area contributed by atoms with Crippen LogP contribution in [0, 0.1) is 11.8 Å². The standard InChI is InChI=1S/C18H18N2O/c1-15(17-12-6-3-7-13-17)20-18(21)19-14-8-11-16-9-4-2-5-10-16/h2-7,9-10,12-13,15H,14H2,1H3,(H2,19,20,21)/t15-/m0/s1. The van der Waals surface area contributed by atoms with E-state index in [4.69, 9.17) is 0 Å². The van der Waals surface area contributed by atoms with Crippen LogP contribution >= 0.6 is 0 Å². The number of nitrogens with one attached hydrogen (secondary N) is 2. The Balaban J connectivity index is 1.77. The van der Waals surface area contributed by atoms with Gasteiger partial charge in [0, 0.05) is 5.56 Å². The highest BCUT2D eigenvalue weighted by Crippen LogP contribution is 2.10. The minimum absolute atomic E-state index is 0.0340. The first-order chi connectivity index (χ1) is 10.3. The van der Waals surface area contributed by atoms with E-state index in [1.54, 1.807) is 0 Å². The summed E-state index contributed by atoms with van der Waals surface area (Å²) in [6.45, 7) is 2.27. The molecule has 0 bridgehead atoms. The summed E-state index contributed by atoms with van der Waals surface area (Å²) in [5, 5.41) is 5.61. The Kier molecular flexibility index (Phi) is 5.42. The lowest BCUT2D eigenvalue weighted by molar-refractivity contribution is 0.239. The normalized spacial score (nSPS) is 10.9. The van der Waals surface area contributed by atoms with Gasteiger partial charge < -0.3 is 10.6 Å². The van der Waals surface area contributed by atoms with E-state index in [9.17, 15) is 4.79 Å². The molecule has 21 heavy (non-hydrogen) atoms. The Bertz CT molecular complexity index is 627. The summed E-state index contributed by atoms with van der Waals surface area (Å²) in [6.07, 6.45) is 0. The molecule has 0 aromatic heterocycles. The molecule has 0 radical (unpaired) electrons. The van der Waals surface area contributed by atoms with Gasteiger partial charge in [0.05, 0.1) is 12.6 Å². The zero-order valence-electron chi connectivity index (χ0n) is 12.0. The highest BCUT2D eigenvalue weighted by molar-refractivity contribution is 5.74. The molecule has 0 aliphatic heterocycles. The molecule has 2 amide bonds. The van der Waals surface area contributed by atoms with Crippen molar-refractivity contribution < 1.29 is 4.79 Å². The molecule has 2 N–H and O–H groups in total. The summed E-state index contributed by atoms with van der Waals surface area (Å²) < 4.78 is 0. The molecule has 2 rings (SSSR count). The van der Waals surface area contributed by atoms with Crippen molar-refractivity contribution in [3.05, 3.63) is 71.8 Å². The summed E-state index contributed by atoms with van der Waals surface area (Å²) in [6, 6.07) is 19.3. The van der Waals surface area contributed by atoms with Crippen LogP contribution in [0.25, 0.3) is 0 Å². The summed E-state index contributed by atoms with van der Waals surface area (Å²) in [4.78, 5) is 11.7. The van der Waals surface area contributed by atoms with Gasteiger partial charge in [0.1, 0.15) is 0 Å². The molecular weight excluding hydrogens is 260 g/mol. The maximum absolute atomic E-state index is 11.7. The molecule has 0 heterocycles. The predicted octanol–water partition coefficient (Wildman–Crippen LogP) is 3.10. The van der Waals surface area contributed by atoms with Gasteiger partial charge in [-0.2, -0.15) is 0 Å². The first kappa shape index (κ1) is 14.7. The van der Waals surface area contributed by atoms with Gasteiger partial charge in [0.25, 0.3) is 0 Å². The molecule has 2 aromatic rings. The third-order valence-corrected chi connectivity index (χ3v) is 2.99. The molecular formula is C18H18N2O. The number of carbonyl (C=O) groups is 1. The van der Waals surface area contributed by atoms with Gasteiger partial charge in [-0.1, -0.05) is 60.4 Å². The fourth-order valence-electron chi connectivity index (χ4n) is 1.86. The fourth-order valence-corrected chi connectivity index (χ4v) is 1.86. The zero-order valence-corrected chi connectivity index (χ0v) is 12.0. The van der Waals surface area contributed by atoms with Gasteiger partial charge in [0.15, 0.2) is 0 Å². The van der Waals surface area contributed by atoms with Gasteiger partial charge in [-0.15, -0.1) is 0 Å². The largest absolute Gasteiger partial charge is 0.332 e. The van der Waals surface area contributed by atoms with Gasteiger partial charge in [0.2, 0.25) is 0 Å². The predicted molar refractivity (Wildman–Crippen MR) is 84.7 cm³/mol. The third-order valence-electron chi connectivity index (χ3n) is 2.99. The Hall–Kier alpha value is -2.73. The van der Waals surface area contributed by atoms with Gasteiger partial charge in [-0.25, -0.2) is 4.79 Å². The van der Waals surface area contributed by atoms with Crippen molar-refractivity contribution >= 4 is 6.03 Å². The number of carbonyl (C=O) groups excluding carboxylic acids is 1. The maximum atomic E-state index is 11.7. The number of rotatable bonds is 3. The number of benzene rings is 2. The Morgan fingerprint density at radius 3 is 2.33 bits per heavy atom. The maximum Gasteiger partial charge on any atom is 0.316 e. The minimum atomic E-state index is -0.214. The van der Waals surface area contributed by atoms with Gasteiger partial charge >= 0.3 is 6.03 Å². The highest BCUT2D eigenvalue weighted by Gasteiger charge is 2.07. The van der Waals surface area contributed by atoms with Crippen LogP contribution in [-0.4, -0.2) is 12.6 Å². The molecule has 3 heteroatoms. The summed E-state index contributed by atoms with van der Waals surface area (Å²) in [5.41, 5.74) is 2.01. The lowest BCUT2D eigenvalue weighted by Gasteiger charge is -2.14. The van der Waals surface area contributed by atoms with E-state index < -0.39 is 0 Å². The van der Waals surface area contributed by atoms with Crippen LogP contribution < -0.4 is 10.6 Å². The van der Waals surface area contributed by atoms with Crippen molar-refractivity contribution in [2.75, 3.05) is 6.54 Å². The van der Waals surface area contributed by atoms with E-state index in [0.29, 0.717) is 6.54 Å². The smallest absolute Gasteiger partial charge is 0.316 e. The first-order valence-corrected chi connectivity index (χ1v) is 6.89. The first-order valence-electron chi connectivity index (χ1n) is 6.89. The molecule has 1 atom stereocenters. The summed E-state index contributed by atoms with van der Waals surface area (Å²) in [5.74, 6) is 5.92. The topological polar surface area (TPSA) is 41.1 Å². The number of amides is 2. The molecule has 0 spiro atoms. The van der Waals surface area contributed by atoms with Gasteiger partial charge in [-0.3, -0.25) is 0 Å². The van der Waals surface area contributed by atoms with Crippen LogP contribution in [0.1, 0.15) is 24.1 Å². The van der Waals surface area contributed by atoms with E-state index in [2.05, 4.69) is 22.5 Å². The lowest BCUT2D eigenvalue weighted by atomic mass is 10.1. The third kappa shape index (κ3) is 5.04. The monoisotopic (exact) mass is 278 g/mol. The molecule has 106 valence electrons. The fraction of sp³-hybridized carbons (Fsp3) is 0.167. The highest BCUT2D eigenvalue weighted by atomic mass is 16.2. The molecule has 3 nitrogen and oxygen atoms in total. The van der Waals surface area contributed by atoms with Crippen molar-refractivity contribution in [1.82, 2.24) is 10.6 Å². The number of urea groups is 1. The van der Waals surface area contributed by atoms with Crippen LogP contribution in [0.2, 0.25) is 0 Å². The average Bonchev–Trinajstić information content (AvgIpc) is 2.53. The minimum Gasteiger partial charge on any atom is -0.332 e. The Labute approximate surface area is 125 Å². The van der Waals surface area contributed by atoms with Crippen molar-refractivity contribution in [2.24, 2.45) is 0 Å². The lowest BCUT2D eigenvalue weighted by Crippen LogP contribution is -2.37. The van der Waals surface area contributed by atoms with Crippen LogP contribution in [0.5, 0.6) is 0 Å². The molecule has 0 saturated heterocycles. The SMILES string of the molecule is C[C@H](NC(=O)NCC#Cc1ccccc1)c1ccccc1. The van der Waals surface area contributed by atoms with Crippen molar-refractivity contribution in [2.45, 2.75) is 13.0 Å². The second-order valence-corrected chi connectivity index (χ2v) is 4.63. The van der Waals surface area contributed by atoms with Crippen LogP contribution in [0.15, 0.2) is 60.7 Å². The molecule has 0 fully saturated rings. The van der Waals surface area contributed by atoms with Gasteiger partial charge in [-0.05, 0) is 24.6 Å². The molecule has 0 aliphatic carbocycles. The Morgan fingerprint density at radius 1 is 1.05 bits per heavy atom. The quantitative estimate of drug-likeness (QED) is 0.832. The second kappa shape index (κ2) is 7.76. The van der Waals surface area contributed by atoms with Crippen molar-refractivity contribution in [1.29, 1.82) is 0 Å². The van der Waals surface area contributed by atoms with Crippen molar-refractivity contribution in [3.63, 3.8) is 0 Å². The Morgan fingerprint density at radius 2 is 1.67 bits per heavy atom. The summed E-state index contributed by atoms with van der Waals surface area (Å²) >= 11 is 0. The second-order valence-electron chi connectivity index (χ2n) is 4.63. The van der Waals surface area contributed by atoms with E-state index >= 15 is 0 Å². The molecule has 0 saturated carbocycles. The average molecular weight is 278 g/mol. The molecule has 2 aromatic carbocycles. The van der Waals surface area contributed by atoms with E-state index in [0.717, 1.165) is 11.1 Å². The zero-order chi connectivity index (χ0) is 14.9. The van der Waals surface area contributed by atoms with Crippen molar-refractivity contribution in [3.8, 4) is 11.8 Å².